The molecule has 2 heterocycles. The van der Waals surface area contributed by atoms with Gasteiger partial charge in [-0.15, -0.1) is 0 Å². The SMILES string of the molecule is N#Cc1ccccc1-c1ccc(/C=N/NC(=O)c2cccnc2)o1. The molecule has 3 rings (SSSR count). The van der Waals surface area contributed by atoms with Crippen molar-refractivity contribution in [1.29, 1.82) is 5.26 Å². The fraction of sp³-hybridized carbons (Fsp3) is 0. The van der Waals surface area contributed by atoms with E-state index in [1.807, 2.05) is 12.1 Å². The van der Waals surface area contributed by atoms with Crippen LogP contribution < -0.4 is 5.43 Å². The molecule has 116 valence electrons. The highest BCUT2D eigenvalue weighted by Crippen LogP contribution is 2.24. The Balaban J connectivity index is 1.70. The molecule has 0 fully saturated rings. The Hall–Kier alpha value is -3.72. The molecule has 0 aliphatic rings. The third-order valence-electron chi connectivity index (χ3n) is 3.22. The number of benzene rings is 1. The molecule has 0 atom stereocenters. The first kappa shape index (κ1) is 15.2. The van der Waals surface area contributed by atoms with Gasteiger partial charge in [-0.05, 0) is 36.4 Å². The largest absolute Gasteiger partial charge is 0.455 e. The quantitative estimate of drug-likeness (QED) is 0.591. The molecule has 6 heteroatoms. The number of aromatic nitrogens is 1. The molecule has 24 heavy (non-hydrogen) atoms. The number of rotatable bonds is 4. The van der Waals surface area contributed by atoms with E-state index in [4.69, 9.17) is 9.68 Å². The maximum absolute atomic E-state index is 11.8. The van der Waals surface area contributed by atoms with Crippen molar-refractivity contribution < 1.29 is 9.21 Å². The fourth-order valence-corrected chi connectivity index (χ4v) is 2.08. The second-order valence-corrected chi connectivity index (χ2v) is 4.80. The van der Waals surface area contributed by atoms with E-state index in [2.05, 4.69) is 21.6 Å². The van der Waals surface area contributed by atoms with Crippen LogP contribution in [0.4, 0.5) is 0 Å². The summed E-state index contributed by atoms with van der Waals surface area (Å²) in [6, 6.07) is 16.1. The molecule has 0 aliphatic carbocycles. The molecular formula is C18H12N4O2. The number of nitrogens with one attached hydrogen (secondary N) is 1. The monoisotopic (exact) mass is 316 g/mol. The molecule has 0 spiro atoms. The van der Waals surface area contributed by atoms with Gasteiger partial charge in [-0.25, -0.2) is 5.43 Å². The zero-order valence-electron chi connectivity index (χ0n) is 12.5. The van der Waals surface area contributed by atoms with Gasteiger partial charge in [0.2, 0.25) is 0 Å². The molecule has 0 bridgehead atoms. The third-order valence-corrected chi connectivity index (χ3v) is 3.22. The van der Waals surface area contributed by atoms with Gasteiger partial charge >= 0.3 is 0 Å². The maximum Gasteiger partial charge on any atom is 0.272 e. The molecule has 1 aromatic carbocycles. The highest BCUT2D eigenvalue weighted by atomic mass is 16.3. The summed E-state index contributed by atoms with van der Waals surface area (Å²) in [6.07, 6.45) is 4.44. The highest BCUT2D eigenvalue weighted by molar-refractivity contribution is 5.94. The van der Waals surface area contributed by atoms with Gasteiger partial charge in [0.25, 0.3) is 5.91 Å². The van der Waals surface area contributed by atoms with Gasteiger partial charge in [0.15, 0.2) is 0 Å². The van der Waals surface area contributed by atoms with Crippen LogP contribution in [0.3, 0.4) is 0 Å². The van der Waals surface area contributed by atoms with Crippen LogP contribution in [0.25, 0.3) is 11.3 Å². The Bertz CT molecular complexity index is 923. The predicted octanol–water partition coefficient (Wildman–Crippen LogP) is 2.98. The van der Waals surface area contributed by atoms with E-state index < -0.39 is 0 Å². The summed E-state index contributed by atoms with van der Waals surface area (Å²) in [5.41, 5.74) is 4.05. The van der Waals surface area contributed by atoms with E-state index in [9.17, 15) is 4.79 Å². The van der Waals surface area contributed by atoms with Gasteiger partial charge in [0.1, 0.15) is 11.5 Å². The summed E-state index contributed by atoms with van der Waals surface area (Å²) in [7, 11) is 0. The summed E-state index contributed by atoms with van der Waals surface area (Å²) >= 11 is 0. The van der Waals surface area contributed by atoms with Gasteiger partial charge < -0.3 is 4.42 Å². The molecule has 1 amide bonds. The number of carbonyl (C=O) groups is 1. The lowest BCUT2D eigenvalue weighted by molar-refractivity contribution is 0.0955. The van der Waals surface area contributed by atoms with Crippen LogP contribution in [0.2, 0.25) is 0 Å². The molecule has 2 aromatic heterocycles. The summed E-state index contributed by atoms with van der Waals surface area (Å²) in [6.45, 7) is 0. The third kappa shape index (κ3) is 3.36. The van der Waals surface area contributed by atoms with Gasteiger partial charge in [-0.1, -0.05) is 12.1 Å². The van der Waals surface area contributed by atoms with Gasteiger partial charge in [-0.3, -0.25) is 9.78 Å². The van der Waals surface area contributed by atoms with Gasteiger partial charge in [-0.2, -0.15) is 10.4 Å². The van der Waals surface area contributed by atoms with Crippen molar-refractivity contribution in [3.8, 4) is 17.4 Å². The van der Waals surface area contributed by atoms with Crippen molar-refractivity contribution in [2.75, 3.05) is 0 Å². The molecule has 1 N–H and O–H groups in total. The maximum atomic E-state index is 11.8. The van der Waals surface area contributed by atoms with E-state index >= 15 is 0 Å². The van der Waals surface area contributed by atoms with Crippen molar-refractivity contribution in [3.05, 3.63) is 77.8 Å². The van der Waals surface area contributed by atoms with Crippen LogP contribution >= 0.6 is 0 Å². The second-order valence-electron chi connectivity index (χ2n) is 4.80. The first-order chi connectivity index (χ1) is 11.8. The topological polar surface area (TPSA) is 91.3 Å². The van der Waals surface area contributed by atoms with E-state index in [0.717, 1.165) is 0 Å². The molecule has 0 saturated heterocycles. The number of amides is 1. The summed E-state index contributed by atoms with van der Waals surface area (Å²) in [5.74, 6) is 0.664. The van der Waals surface area contributed by atoms with E-state index in [1.165, 1.54) is 12.4 Å². The standard InChI is InChI=1S/C18H12N4O2/c19-10-13-4-1-2-6-16(13)17-8-7-15(24-17)12-21-22-18(23)14-5-3-9-20-11-14/h1-9,11-12H,(H,22,23)/b21-12+. The Morgan fingerprint density at radius 1 is 1.21 bits per heavy atom. The van der Waals surface area contributed by atoms with E-state index in [-0.39, 0.29) is 5.91 Å². The fourth-order valence-electron chi connectivity index (χ4n) is 2.08. The number of pyridine rings is 1. The number of hydrogen-bond acceptors (Lipinski definition) is 5. The summed E-state index contributed by atoms with van der Waals surface area (Å²) in [5, 5.41) is 13.0. The Labute approximate surface area is 138 Å². The first-order valence-electron chi connectivity index (χ1n) is 7.10. The molecule has 0 radical (unpaired) electrons. The van der Waals surface area contributed by atoms with Crippen LogP contribution in [0.15, 0.2) is 70.4 Å². The Morgan fingerprint density at radius 3 is 2.88 bits per heavy atom. The average Bonchev–Trinajstić information content (AvgIpc) is 3.11. The van der Waals surface area contributed by atoms with Crippen LogP contribution in [0.5, 0.6) is 0 Å². The zero-order chi connectivity index (χ0) is 16.8. The van der Waals surface area contributed by atoms with E-state index in [1.54, 1.807) is 42.6 Å². The average molecular weight is 316 g/mol. The second kappa shape index (κ2) is 7.03. The van der Waals surface area contributed by atoms with Crippen molar-refractivity contribution in [1.82, 2.24) is 10.4 Å². The van der Waals surface area contributed by atoms with Crippen LogP contribution in [0, 0.1) is 11.3 Å². The molecule has 0 unspecified atom stereocenters. The normalized spacial score (nSPS) is 10.5. The Morgan fingerprint density at radius 2 is 2.08 bits per heavy atom. The highest BCUT2D eigenvalue weighted by Gasteiger charge is 2.08. The summed E-state index contributed by atoms with van der Waals surface area (Å²) < 4.78 is 5.64. The van der Waals surface area contributed by atoms with Crippen LogP contribution in [-0.2, 0) is 0 Å². The number of hydrogen-bond donors (Lipinski definition) is 1. The molecule has 6 nitrogen and oxygen atoms in total. The lowest BCUT2D eigenvalue weighted by Gasteiger charge is -1.99. The van der Waals surface area contributed by atoms with Crippen molar-refractivity contribution >= 4 is 12.1 Å². The number of furan rings is 1. The predicted molar refractivity (Wildman–Crippen MR) is 88.2 cm³/mol. The minimum atomic E-state index is -0.360. The van der Waals surface area contributed by atoms with Crippen LogP contribution in [-0.4, -0.2) is 17.1 Å². The number of carbonyl (C=O) groups excluding carboxylic acids is 1. The van der Waals surface area contributed by atoms with Crippen molar-refractivity contribution in [2.45, 2.75) is 0 Å². The molecule has 0 saturated carbocycles. The zero-order valence-corrected chi connectivity index (χ0v) is 12.5. The first-order valence-corrected chi connectivity index (χ1v) is 7.10. The lowest BCUT2D eigenvalue weighted by atomic mass is 10.1. The summed E-state index contributed by atoms with van der Waals surface area (Å²) in [4.78, 5) is 15.7. The Kier molecular flexibility index (Phi) is 4.45. The number of nitrogens with zero attached hydrogens (tertiary/aromatic N) is 3. The van der Waals surface area contributed by atoms with Crippen molar-refractivity contribution in [3.63, 3.8) is 0 Å². The van der Waals surface area contributed by atoms with E-state index in [0.29, 0.717) is 28.2 Å². The molecule has 3 aromatic rings. The van der Waals surface area contributed by atoms with Gasteiger partial charge in [0.05, 0.1) is 23.4 Å². The molecular weight excluding hydrogens is 304 g/mol. The minimum absolute atomic E-state index is 0.360. The number of nitriles is 1. The number of hydrazone groups is 1. The van der Waals surface area contributed by atoms with Gasteiger partial charge in [0, 0.05) is 18.0 Å². The van der Waals surface area contributed by atoms with Crippen LogP contribution in [0.1, 0.15) is 21.7 Å². The smallest absolute Gasteiger partial charge is 0.272 e. The minimum Gasteiger partial charge on any atom is -0.455 e. The molecule has 0 aliphatic heterocycles. The lowest BCUT2D eigenvalue weighted by Crippen LogP contribution is -2.17. The van der Waals surface area contributed by atoms with Crippen molar-refractivity contribution in [2.24, 2.45) is 5.10 Å².